The fraction of sp³-hybridized carbons (Fsp3) is 0.200. The van der Waals surface area contributed by atoms with Crippen LogP contribution in [0.3, 0.4) is 0 Å². The first kappa shape index (κ1) is 24.6. The molecule has 0 aliphatic heterocycles. The number of benzene rings is 2. The smallest absolute Gasteiger partial charge is 0.337 e. The van der Waals surface area contributed by atoms with Gasteiger partial charge >= 0.3 is 5.97 Å². The molecule has 0 fully saturated rings. The molecule has 3 aromatic rings. The van der Waals surface area contributed by atoms with Gasteiger partial charge in [0.15, 0.2) is 0 Å². The number of aromatic nitrogens is 1. The molecule has 0 bridgehead atoms. The Hall–Kier alpha value is -4.05. The second kappa shape index (κ2) is 11.2. The number of nitrogen functional groups attached to an aromatic ring is 1. The molecule has 2 aromatic carbocycles. The second-order valence-corrected chi connectivity index (χ2v) is 8.45. The van der Waals surface area contributed by atoms with Crippen LogP contribution in [0.25, 0.3) is 11.1 Å². The molecule has 0 aliphatic rings. The minimum atomic E-state index is -0.439. The maximum atomic E-state index is 11.9. The van der Waals surface area contributed by atoms with Crippen molar-refractivity contribution in [1.82, 2.24) is 4.98 Å². The van der Waals surface area contributed by atoms with Crippen molar-refractivity contribution in [2.75, 3.05) is 26.1 Å². The van der Waals surface area contributed by atoms with Crippen molar-refractivity contribution >= 4 is 23.5 Å². The first-order chi connectivity index (χ1) is 16.4. The second-order valence-electron chi connectivity index (χ2n) is 7.12. The standard InChI is InChI=1S/C25H22N4O4S/c1-15(17-4-3-5-18(12-17)25(31)32-2)34-24-21(14-27)22(20(13-26)23(28)29-24)16-6-8-19(9-7-16)33-11-10-30/h3-9,12,15,30H,10-11H2,1-2H3,(H2,28,29). The number of hydrogen-bond acceptors (Lipinski definition) is 9. The van der Waals surface area contributed by atoms with Crippen molar-refractivity contribution in [3.8, 4) is 29.0 Å². The van der Waals surface area contributed by atoms with Crippen molar-refractivity contribution in [3.05, 3.63) is 70.8 Å². The minimum absolute atomic E-state index is 0.0233. The lowest BCUT2D eigenvalue weighted by Crippen LogP contribution is -2.05. The van der Waals surface area contributed by atoms with Gasteiger partial charge in [0, 0.05) is 10.8 Å². The van der Waals surface area contributed by atoms with E-state index in [-0.39, 0.29) is 35.4 Å². The van der Waals surface area contributed by atoms with E-state index in [1.807, 2.05) is 13.0 Å². The molecule has 1 atom stereocenters. The lowest BCUT2D eigenvalue weighted by molar-refractivity contribution is 0.0600. The van der Waals surface area contributed by atoms with Crippen molar-refractivity contribution in [1.29, 1.82) is 10.5 Å². The lowest BCUT2D eigenvalue weighted by Gasteiger charge is -2.17. The van der Waals surface area contributed by atoms with Crippen LogP contribution in [0.2, 0.25) is 0 Å². The number of hydrogen-bond donors (Lipinski definition) is 2. The zero-order valence-corrected chi connectivity index (χ0v) is 19.4. The van der Waals surface area contributed by atoms with Crippen molar-refractivity contribution in [2.24, 2.45) is 0 Å². The maximum absolute atomic E-state index is 11.9. The number of thioether (sulfide) groups is 1. The predicted molar refractivity (Wildman–Crippen MR) is 128 cm³/mol. The summed E-state index contributed by atoms with van der Waals surface area (Å²) in [6, 6.07) is 18.1. The minimum Gasteiger partial charge on any atom is -0.491 e. The summed E-state index contributed by atoms with van der Waals surface area (Å²) in [6.07, 6.45) is 0. The average Bonchev–Trinajstić information content (AvgIpc) is 2.87. The number of pyridine rings is 1. The molecule has 172 valence electrons. The van der Waals surface area contributed by atoms with E-state index in [2.05, 4.69) is 17.1 Å². The molecule has 34 heavy (non-hydrogen) atoms. The first-order valence-corrected chi connectivity index (χ1v) is 11.1. The number of carbonyl (C=O) groups is 1. The van der Waals surface area contributed by atoms with Gasteiger partial charge in [0.05, 0.1) is 24.8 Å². The largest absolute Gasteiger partial charge is 0.491 e. The number of nitrogens with zero attached hydrogens (tertiary/aromatic N) is 3. The Balaban J connectivity index is 2.03. The maximum Gasteiger partial charge on any atom is 0.337 e. The number of ether oxygens (including phenoxy) is 2. The van der Waals surface area contributed by atoms with Crippen molar-refractivity contribution in [3.63, 3.8) is 0 Å². The quantitative estimate of drug-likeness (QED) is 0.364. The highest BCUT2D eigenvalue weighted by molar-refractivity contribution is 7.99. The Labute approximate surface area is 201 Å². The fourth-order valence-corrected chi connectivity index (χ4v) is 4.36. The number of nitrogens with two attached hydrogens (primary N) is 1. The normalized spacial score (nSPS) is 11.2. The molecular weight excluding hydrogens is 452 g/mol. The van der Waals surface area contributed by atoms with Gasteiger partial charge in [0.2, 0.25) is 0 Å². The molecule has 3 N–H and O–H groups in total. The van der Waals surface area contributed by atoms with Gasteiger partial charge in [0.1, 0.15) is 40.9 Å². The Morgan fingerprint density at radius 3 is 2.50 bits per heavy atom. The predicted octanol–water partition coefficient (Wildman–Crippen LogP) is 4.09. The van der Waals surface area contributed by atoms with E-state index in [1.165, 1.54) is 18.9 Å². The van der Waals surface area contributed by atoms with Crippen LogP contribution in [0.4, 0.5) is 5.82 Å². The summed E-state index contributed by atoms with van der Waals surface area (Å²) in [6.45, 7) is 1.97. The zero-order chi connectivity index (χ0) is 24.7. The molecule has 0 saturated heterocycles. The van der Waals surface area contributed by atoms with E-state index in [0.29, 0.717) is 27.5 Å². The molecule has 1 heterocycles. The summed E-state index contributed by atoms with van der Waals surface area (Å²) < 4.78 is 10.2. The van der Waals surface area contributed by atoms with Crippen LogP contribution in [-0.2, 0) is 4.74 Å². The van der Waals surface area contributed by atoms with Crippen LogP contribution in [0, 0.1) is 22.7 Å². The van der Waals surface area contributed by atoms with Gasteiger partial charge in [0.25, 0.3) is 0 Å². The first-order valence-electron chi connectivity index (χ1n) is 10.3. The van der Waals surface area contributed by atoms with Gasteiger partial charge in [-0.15, -0.1) is 0 Å². The van der Waals surface area contributed by atoms with Crippen LogP contribution >= 0.6 is 11.8 Å². The summed E-state index contributed by atoms with van der Waals surface area (Å²) in [5.74, 6) is 0.131. The number of esters is 1. The summed E-state index contributed by atoms with van der Waals surface area (Å²) in [5.41, 5.74) is 8.73. The van der Waals surface area contributed by atoms with Gasteiger partial charge < -0.3 is 20.3 Å². The highest BCUT2D eigenvalue weighted by atomic mass is 32.2. The van der Waals surface area contributed by atoms with E-state index in [9.17, 15) is 15.3 Å². The number of anilines is 1. The average molecular weight is 475 g/mol. The molecule has 3 rings (SSSR count). The SMILES string of the molecule is COC(=O)c1cccc(C(C)Sc2nc(N)c(C#N)c(-c3ccc(OCCO)cc3)c2C#N)c1. The van der Waals surface area contributed by atoms with Crippen LogP contribution in [0.1, 0.15) is 39.2 Å². The summed E-state index contributed by atoms with van der Waals surface area (Å²) in [4.78, 5) is 16.2. The molecule has 8 nitrogen and oxygen atoms in total. The van der Waals surface area contributed by atoms with E-state index >= 15 is 0 Å². The fourth-order valence-electron chi connectivity index (χ4n) is 3.33. The third-order valence-electron chi connectivity index (χ3n) is 4.98. The van der Waals surface area contributed by atoms with E-state index < -0.39 is 5.97 Å². The van der Waals surface area contributed by atoms with E-state index in [0.717, 1.165) is 5.56 Å². The number of nitriles is 2. The molecular formula is C25H22N4O4S. The highest BCUT2D eigenvalue weighted by Gasteiger charge is 2.22. The lowest BCUT2D eigenvalue weighted by atomic mass is 9.97. The molecule has 0 amide bonds. The van der Waals surface area contributed by atoms with Crippen LogP contribution in [-0.4, -0.2) is 36.4 Å². The number of rotatable bonds is 8. The highest BCUT2D eigenvalue weighted by Crippen LogP contribution is 2.41. The van der Waals surface area contributed by atoms with E-state index in [4.69, 9.17) is 20.3 Å². The number of aliphatic hydroxyl groups is 1. The molecule has 0 spiro atoms. The van der Waals surface area contributed by atoms with Crippen LogP contribution < -0.4 is 10.5 Å². The summed E-state index contributed by atoms with van der Waals surface area (Å²) >= 11 is 1.30. The Morgan fingerprint density at radius 1 is 1.18 bits per heavy atom. The van der Waals surface area contributed by atoms with Crippen molar-refractivity contribution < 1.29 is 19.4 Å². The number of aliphatic hydroxyl groups excluding tert-OH is 1. The van der Waals surface area contributed by atoms with Gasteiger partial charge in [-0.05, 0) is 42.3 Å². The van der Waals surface area contributed by atoms with Gasteiger partial charge in [-0.25, -0.2) is 9.78 Å². The molecule has 0 aliphatic carbocycles. The summed E-state index contributed by atoms with van der Waals surface area (Å²) in [5, 5.41) is 28.9. The summed E-state index contributed by atoms with van der Waals surface area (Å²) in [7, 11) is 1.32. The number of methoxy groups -OCH3 is 1. The third-order valence-corrected chi connectivity index (χ3v) is 6.13. The third kappa shape index (κ3) is 5.29. The number of carbonyl (C=O) groups excluding carboxylic acids is 1. The monoisotopic (exact) mass is 474 g/mol. The molecule has 9 heteroatoms. The Morgan fingerprint density at radius 2 is 1.88 bits per heavy atom. The van der Waals surface area contributed by atoms with Crippen molar-refractivity contribution in [2.45, 2.75) is 17.2 Å². The van der Waals surface area contributed by atoms with E-state index in [1.54, 1.807) is 42.5 Å². The van der Waals surface area contributed by atoms with Gasteiger partial charge in [-0.2, -0.15) is 10.5 Å². The van der Waals surface area contributed by atoms with Crippen LogP contribution in [0.5, 0.6) is 5.75 Å². The molecule has 0 saturated carbocycles. The molecule has 0 radical (unpaired) electrons. The Bertz CT molecular complexity index is 1280. The Kier molecular flexibility index (Phi) is 8.10. The van der Waals surface area contributed by atoms with Gasteiger partial charge in [-0.3, -0.25) is 0 Å². The molecule has 1 unspecified atom stereocenters. The zero-order valence-electron chi connectivity index (χ0n) is 18.6. The molecule has 1 aromatic heterocycles. The topological polar surface area (TPSA) is 142 Å². The van der Waals surface area contributed by atoms with Gasteiger partial charge in [-0.1, -0.05) is 36.0 Å². The van der Waals surface area contributed by atoms with Crippen LogP contribution in [0.15, 0.2) is 53.6 Å².